The molecular weight excluding hydrogens is 286 g/mol. The van der Waals surface area contributed by atoms with E-state index >= 15 is 0 Å². The number of carboxylic acid groups (broad SMARTS) is 1. The maximum atomic E-state index is 10.8. The highest BCUT2D eigenvalue weighted by molar-refractivity contribution is 7.99. The Morgan fingerprint density at radius 1 is 1.38 bits per heavy atom. The maximum Gasteiger partial charge on any atom is 0.313 e. The quantitative estimate of drug-likeness (QED) is 0.815. The van der Waals surface area contributed by atoms with E-state index in [1.807, 2.05) is 0 Å². The summed E-state index contributed by atoms with van der Waals surface area (Å²) in [7, 11) is 0. The fourth-order valence-electron chi connectivity index (χ4n) is 3.03. The second kappa shape index (κ2) is 7.29. The summed E-state index contributed by atoms with van der Waals surface area (Å²) in [5.74, 6) is 1.87. The lowest BCUT2D eigenvalue weighted by Crippen LogP contribution is -2.23. The zero-order valence-electron chi connectivity index (χ0n) is 13.1. The highest BCUT2D eigenvalue weighted by atomic mass is 32.2. The van der Waals surface area contributed by atoms with Crippen molar-refractivity contribution in [3.05, 3.63) is 5.82 Å². The van der Waals surface area contributed by atoms with E-state index in [2.05, 4.69) is 35.5 Å². The number of rotatable bonds is 6. The molecular formula is C15H25N3O2S. The smallest absolute Gasteiger partial charge is 0.313 e. The van der Waals surface area contributed by atoms with Gasteiger partial charge in [-0.1, -0.05) is 51.8 Å². The molecule has 2 rings (SSSR count). The molecule has 1 heterocycles. The molecule has 118 valence electrons. The summed E-state index contributed by atoms with van der Waals surface area (Å²) in [6.45, 7) is 7.46. The van der Waals surface area contributed by atoms with Gasteiger partial charge in [0.05, 0.1) is 5.75 Å². The Morgan fingerprint density at radius 3 is 2.71 bits per heavy atom. The van der Waals surface area contributed by atoms with Gasteiger partial charge in [-0.05, 0) is 18.3 Å². The van der Waals surface area contributed by atoms with Crippen molar-refractivity contribution in [1.82, 2.24) is 14.8 Å². The summed E-state index contributed by atoms with van der Waals surface area (Å²) < 4.78 is 2.16. The maximum absolute atomic E-state index is 10.8. The van der Waals surface area contributed by atoms with Crippen LogP contribution in [-0.2, 0) is 11.3 Å². The first kappa shape index (κ1) is 16.3. The van der Waals surface area contributed by atoms with Crippen molar-refractivity contribution in [1.29, 1.82) is 0 Å². The third kappa shape index (κ3) is 4.22. The van der Waals surface area contributed by atoms with E-state index in [1.54, 1.807) is 0 Å². The molecule has 0 amide bonds. The van der Waals surface area contributed by atoms with Gasteiger partial charge in [0.1, 0.15) is 5.82 Å². The molecule has 0 aliphatic heterocycles. The molecule has 21 heavy (non-hydrogen) atoms. The van der Waals surface area contributed by atoms with Crippen LogP contribution in [0.15, 0.2) is 5.16 Å². The van der Waals surface area contributed by atoms with Gasteiger partial charge < -0.3 is 9.67 Å². The van der Waals surface area contributed by atoms with Gasteiger partial charge in [0.15, 0.2) is 5.16 Å². The van der Waals surface area contributed by atoms with Gasteiger partial charge in [0.25, 0.3) is 0 Å². The lowest BCUT2D eigenvalue weighted by molar-refractivity contribution is -0.133. The molecule has 1 N–H and O–H groups in total. The first-order valence-corrected chi connectivity index (χ1v) is 8.75. The van der Waals surface area contributed by atoms with Crippen molar-refractivity contribution in [3.63, 3.8) is 0 Å². The Labute approximate surface area is 130 Å². The third-order valence-electron chi connectivity index (χ3n) is 4.29. The topological polar surface area (TPSA) is 68.0 Å². The average Bonchev–Trinajstić information content (AvgIpc) is 2.82. The largest absolute Gasteiger partial charge is 0.481 e. The standard InChI is InChI=1S/C15H25N3O2S/c1-10(2)14-16-17-15(21-9-13(19)20)18(14)8-12-7-5-4-6-11(12)3/h10-12H,4-9H2,1-3H3,(H,19,20). The monoisotopic (exact) mass is 311 g/mol. The van der Waals surface area contributed by atoms with Gasteiger partial charge in [-0.15, -0.1) is 10.2 Å². The Kier molecular flexibility index (Phi) is 5.67. The van der Waals surface area contributed by atoms with Gasteiger partial charge in [-0.25, -0.2) is 0 Å². The van der Waals surface area contributed by atoms with Crippen molar-refractivity contribution >= 4 is 17.7 Å². The lowest BCUT2D eigenvalue weighted by atomic mass is 9.80. The predicted octanol–water partition coefficient (Wildman–Crippen LogP) is 3.40. The minimum Gasteiger partial charge on any atom is -0.481 e. The summed E-state index contributed by atoms with van der Waals surface area (Å²) >= 11 is 1.27. The summed E-state index contributed by atoms with van der Waals surface area (Å²) in [6, 6.07) is 0. The molecule has 1 aliphatic rings. The molecule has 5 nitrogen and oxygen atoms in total. The number of nitrogens with zero attached hydrogens (tertiary/aromatic N) is 3. The van der Waals surface area contributed by atoms with Crippen LogP contribution in [0.2, 0.25) is 0 Å². The molecule has 0 bridgehead atoms. The van der Waals surface area contributed by atoms with Crippen LogP contribution in [0.3, 0.4) is 0 Å². The number of aliphatic carboxylic acids is 1. The summed E-state index contributed by atoms with van der Waals surface area (Å²) in [5, 5.41) is 18.1. The highest BCUT2D eigenvalue weighted by Gasteiger charge is 2.25. The van der Waals surface area contributed by atoms with Crippen LogP contribution in [0.1, 0.15) is 58.2 Å². The van der Waals surface area contributed by atoms with Gasteiger partial charge in [0, 0.05) is 12.5 Å². The van der Waals surface area contributed by atoms with E-state index in [0.29, 0.717) is 11.8 Å². The third-order valence-corrected chi connectivity index (χ3v) is 5.24. The van der Waals surface area contributed by atoms with Crippen LogP contribution in [-0.4, -0.2) is 31.6 Å². The number of thioether (sulfide) groups is 1. The van der Waals surface area contributed by atoms with Crippen molar-refractivity contribution in [2.75, 3.05) is 5.75 Å². The Morgan fingerprint density at radius 2 is 2.10 bits per heavy atom. The number of aromatic nitrogens is 3. The molecule has 1 aliphatic carbocycles. The van der Waals surface area contributed by atoms with E-state index < -0.39 is 5.97 Å². The zero-order valence-corrected chi connectivity index (χ0v) is 13.9. The SMILES string of the molecule is CC(C)c1nnc(SCC(=O)O)n1CC1CCCCC1C. The van der Waals surface area contributed by atoms with Crippen molar-refractivity contribution in [3.8, 4) is 0 Å². The molecule has 1 saturated carbocycles. The molecule has 0 saturated heterocycles. The van der Waals surface area contributed by atoms with E-state index in [0.717, 1.165) is 23.4 Å². The van der Waals surface area contributed by atoms with E-state index in [4.69, 9.17) is 5.11 Å². The Balaban J connectivity index is 2.17. The minimum absolute atomic E-state index is 0.0381. The predicted molar refractivity (Wildman–Crippen MR) is 83.6 cm³/mol. The van der Waals surface area contributed by atoms with E-state index in [-0.39, 0.29) is 5.75 Å². The van der Waals surface area contributed by atoms with Gasteiger partial charge >= 0.3 is 5.97 Å². The first-order chi connectivity index (χ1) is 9.99. The average molecular weight is 311 g/mol. The summed E-state index contributed by atoms with van der Waals surface area (Å²) in [5.41, 5.74) is 0. The van der Waals surface area contributed by atoms with Gasteiger partial charge in [0.2, 0.25) is 0 Å². The van der Waals surface area contributed by atoms with Crippen LogP contribution < -0.4 is 0 Å². The summed E-state index contributed by atoms with van der Waals surface area (Å²) in [4.78, 5) is 10.8. The zero-order chi connectivity index (χ0) is 15.4. The minimum atomic E-state index is -0.813. The molecule has 1 aromatic heterocycles. The lowest BCUT2D eigenvalue weighted by Gasteiger charge is -2.30. The Bertz CT molecular complexity index is 487. The number of hydrogen-bond donors (Lipinski definition) is 1. The van der Waals surface area contributed by atoms with Crippen LogP contribution in [0.4, 0.5) is 0 Å². The molecule has 2 atom stereocenters. The molecule has 0 aromatic carbocycles. The second-order valence-corrected chi connectivity index (χ2v) is 7.25. The molecule has 6 heteroatoms. The van der Waals surface area contributed by atoms with Crippen LogP contribution in [0.5, 0.6) is 0 Å². The van der Waals surface area contributed by atoms with E-state index in [1.165, 1.54) is 37.4 Å². The second-order valence-electron chi connectivity index (χ2n) is 6.31. The number of carboxylic acids is 1. The van der Waals surface area contributed by atoms with Crippen LogP contribution >= 0.6 is 11.8 Å². The molecule has 2 unspecified atom stereocenters. The van der Waals surface area contributed by atoms with Crippen LogP contribution in [0, 0.1) is 11.8 Å². The number of hydrogen-bond acceptors (Lipinski definition) is 4. The van der Waals surface area contributed by atoms with Crippen LogP contribution in [0.25, 0.3) is 0 Å². The molecule has 1 aromatic rings. The molecule has 1 fully saturated rings. The highest BCUT2D eigenvalue weighted by Crippen LogP contribution is 2.33. The van der Waals surface area contributed by atoms with E-state index in [9.17, 15) is 4.79 Å². The number of carbonyl (C=O) groups is 1. The van der Waals surface area contributed by atoms with Crippen molar-refractivity contribution in [2.24, 2.45) is 11.8 Å². The van der Waals surface area contributed by atoms with Crippen molar-refractivity contribution in [2.45, 2.75) is 64.1 Å². The Hall–Kier alpha value is -1.04. The fourth-order valence-corrected chi connectivity index (χ4v) is 3.71. The van der Waals surface area contributed by atoms with Gasteiger partial charge in [-0.2, -0.15) is 0 Å². The normalized spacial score (nSPS) is 22.7. The van der Waals surface area contributed by atoms with Gasteiger partial charge in [-0.3, -0.25) is 4.79 Å². The first-order valence-electron chi connectivity index (χ1n) is 7.76. The van der Waals surface area contributed by atoms with Crippen molar-refractivity contribution < 1.29 is 9.90 Å². The summed E-state index contributed by atoms with van der Waals surface area (Å²) in [6.07, 6.45) is 5.17. The molecule has 0 spiro atoms. The fraction of sp³-hybridized carbons (Fsp3) is 0.800. The molecule has 0 radical (unpaired) electrons.